The van der Waals surface area contributed by atoms with Gasteiger partial charge in [0.25, 0.3) is 0 Å². The number of amides is 3. The van der Waals surface area contributed by atoms with E-state index in [0.717, 1.165) is 0 Å². The molecule has 11 nitrogen and oxygen atoms in total. The number of aliphatic hydroxyl groups is 1. The second-order valence-electron chi connectivity index (χ2n) is 9.02. The fourth-order valence-electron chi connectivity index (χ4n) is 3.94. The number of anilines is 1. The van der Waals surface area contributed by atoms with E-state index in [-0.39, 0.29) is 43.2 Å². The van der Waals surface area contributed by atoms with Gasteiger partial charge in [-0.05, 0) is 37.6 Å². The number of fused-ring (bicyclic) bond motifs is 2. The molecule has 0 radical (unpaired) electrons. The van der Waals surface area contributed by atoms with Crippen LogP contribution < -0.4 is 10.1 Å². The van der Waals surface area contributed by atoms with Crippen LogP contribution >= 0.6 is 0 Å². The number of likely N-dealkylation sites (N-methyl/N-ethyl adjacent to an activating group) is 1. The average Bonchev–Trinajstić information content (AvgIpc) is 3.31. The van der Waals surface area contributed by atoms with Crippen LogP contribution in [0.1, 0.15) is 32.4 Å². The summed E-state index contributed by atoms with van der Waals surface area (Å²) in [5, 5.41) is 20.9. The maximum Gasteiger partial charge on any atom is 0.321 e. The quantitative estimate of drug-likeness (QED) is 0.637. The van der Waals surface area contributed by atoms with E-state index in [9.17, 15) is 14.7 Å². The number of methoxy groups -OCH3 is 1. The largest absolute Gasteiger partial charge is 0.497 e. The highest BCUT2D eigenvalue weighted by Crippen LogP contribution is 2.19. The third kappa shape index (κ3) is 7.40. The second-order valence-corrected chi connectivity index (χ2v) is 9.02. The van der Waals surface area contributed by atoms with Crippen molar-refractivity contribution < 1.29 is 24.2 Å². The van der Waals surface area contributed by atoms with Gasteiger partial charge in [-0.1, -0.05) is 12.1 Å². The number of aromatic nitrogens is 3. The van der Waals surface area contributed by atoms with Gasteiger partial charge in [0.1, 0.15) is 11.4 Å². The molecular weight excluding hydrogens is 452 g/mol. The second kappa shape index (κ2) is 12.5. The van der Waals surface area contributed by atoms with Crippen LogP contribution in [0.25, 0.3) is 0 Å². The lowest BCUT2D eigenvalue weighted by molar-refractivity contribution is -0.136. The topological polar surface area (TPSA) is 122 Å². The van der Waals surface area contributed by atoms with E-state index in [4.69, 9.17) is 9.47 Å². The summed E-state index contributed by atoms with van der Waals surface area (Å²) < 4.78 is 13.1. The lowest BCUT2D eigenvalue weighted by Crippen LogP contribution is -2.48. The van der Waals surface area contributed by atoms with Gasteiger partial charge in [0.15, 0.2) is 0 Å². The van der Waals surface area contributed by atoms with Crippen molar-refractivity contribution in [1.82, 2.24) is 24.8 Å². The third-order valence-corrected chi connectivity index (χ3v) is 6.19. The number of aliphatic hydroxyl groups excluding tert-OH is 1. The first-order chi connectivity index (χ1) is 16.8. The van der Waals surface area contributed by atoms with Gasteiger partial charge in [-0.15, -0.1) is 5.10 Å². The molecule has 3 rings (SSSR count). The summed E-state index contributed by atoms with van der Waals surface area (Å²) in [4.78, 5) is 29.1. The SMILES string of the molecule is COc1ccc(NC(=O)N(C)C[C@H]2OCc3cn(nn3)CCCC(=O)N([C@@H](C)CO)C[C@@H]2C)cc1. The van der Waals surface area contributed by atoms with Crippen molar-refractivity contribution in [1.29, 1.82) is 0 Å². The first-order valence-electron chi connectivity index (χ1n) is 11.9. The van der Waals surface area contributed by atoms with Gasteiger partial charge in [0.2, 0.25) is 5.91 Å². The lowest BCUT2D eigenvalue weighted by Gasteiger charge is -2.35. The Morgan fingerprint density at radius 2 is 2.11 bits per heavy atom. The lowest BCUT2D eigenvalue weighted by atomic mass is 10.0. The van der Waals surface area contributed by atoms with E-state index >= 15 is 0 Å². The van der Waals surface area contributed by atoms with Gasteiger partial charge in [-0.25, -0.2) is 4.79 Å². The highest BCUT2D eigenvalue weighted by Gasteiger charge is 2.28. The number of rotatable bonds is 6. The molecule has 2 N–H and O–H groups in total. The van der Waals surface area contributed by atoms with Crippen LogP contribution in [-0.2, 0) is 22.7 Å². The molecule has 0 saturated heterocycles. The number of ether oxygens (including phenoxy) is 2. The van der Waals surface area contributed by atoms with Crippen molar-refractivity contribution in [3.8, 4) is 5.75 Å². The Balaban J connectivity index is 1.73. The molecule has 1 aromatic carbocycles. The van der Waals surface area contributed by atoms with Gasteiger partial charge in [0.05, 0.1) is 38.7 Å². The van der Waals surface area contributed by atoms with Crippen LogP contribution in [0, 0.1) is 5.92 Å². The molecular formula is C24H36N6O5. The number of aryl methyl sites for hydroxylation is 1. The third-order valence-electron chi connectivity index (χ3n) is 6.19. The number of carbonyl (C=O) groups excluding carboxylic acids is 2. The van der Waals surface area contributed by atoms with E-state index in [1.54, 1.807) is 52.9 Å². The predicted molar refractivity (Wildman–Crippen MR) is 130 cm³/mol. The molecule has 192 valence electrons. The van der Waals surface area contributed by atoms with Crippen molar-refractivity contribution in [2.24, 2.45) is 5.92 Å². The fourth-order valence-corrected chi connectivity index (χ4v) is 3.94. The van der Waals surface area contributed by atoms with Gasteiger partial charge in [-0.2, -0.15) is 0 Å². The van der Waals surface area contributed by atoms with Crippen LogP contribution in [0.2, 0.25) is 0 Å². The number of carbonyl (C=O) groups is 2. The van der Waals surface area contributed by atoms with Gasteiger partial charge in [-0.3, -0.25) is 9.48 Å². The molecule has 0 unspecified atom stereocenters. The zero-order chi connectivity index (χ0) is 25.4. The normalized spacial score (nSPS) is 20.3. The molecule has 1 aromatic heterocycles. The molecule has 2 heterocycles. The number of benzene rings is 1. The summed E-state index contributed by atoms with van der Waals surface area (Å²) in [6.07, 6.45) is 2.41. The van der Waals surface area contributed by atoms with E-state index in [2.05, 4.69) is 15.6 Å². The van der Waals surface area contributed by atoms with Gasteiger partial charge in [0, 0.05) is 44.7 Å². The predicted octanol–water partition coefficient (Wildman–Crippen LogP) is 1.98. The molecule has 0 fully saturated rings. The number of hydrogen-bond donors (Lipinski definition) is 2. The van der Waals surface area contributed by atoms with E-state index in [1.807, 2.05) is 20.0 Å². The van der Waals surface area contributed by atoms with Crippen molar-refractivity contribution in [2.75, 3.05) is 39.2 Å². The van der Waals surface area contributed by atoms with Gasteiger partial charge >= 0.3 is 6.03 Å². The smallest absolute Gasteiger partial charge is 0.321 e. The number of hydrogen-bond acceptors (Lipinski definition) is 7. The Labute approximate surface area is 206 Å². The highest BCUT2D eigenvalue weighted by atomic mass is 16.5. The first-order valence-corrected chi connectivity index (χ1v) is 11.9. The van der Waals surface area contributed by atoms with Crippen LogP contribution in [0.15, 0.2) is 30.5 Å². The molecule has 0 spiro atoms. The number of nitrogens with one attached hydrogen (secondary N) is 1. The van der Waals surface area contributed by atoms with Gasteiger partial charge < -0.3 is 29.7 Å². The minimum Gasteiger partial charge on any atom is -0.497 e. The minimum atomic E-state index is -0.381. The summed E-state index contributed by atoms with van der Waals surface area (Å²) in [6.45, 7) is 5.22. The van der Waals surface area contributed by atoms with Crippen molar-refractivity contribution in [3.05, 3.63) is 36.2 Å². The van der Waals surface area contributed by atoms with Crippen LogP contribution in [0.3, 0.4) is 0 Å². The fraction of sp³-hybridized carbons (Fsp3) is 0.583. The maximum atomic E-state index is 13.0. The maximum absolute atomic E-state index is 13.0. The Kier molecular flexibility index (Phi) is 9.44. The van der Waals surface area contributed by atoms with Crippen LogP contribution in [0.4, 0.5) is 10.5 Å². The molecule has 0 saturated carbocycles. The van der Waals surface area contributed by atoms with Crippen molar-refractivity contribution in [2.45, 2.75) is 52.0 Å². The molecule has 2 aromatic rings. The van der Waals surface area contributed by atoms with Crippen LogP contribution in [0.5, 0.6) is 5.75 Å². The molecule has 3 atom stereocenters. The Hall–Kier alpha value is -3.18. The minimum absolute atomic E-state index is 0.0256. The summed E-state index contributed by atoms with van der Waals surface area (Å²) in [5.74, 6) is 0.568. The standard InChI is InChI=1S/C24H36N6O5/c1-17-12-30(18(2)15-31)23(32)6-5-11-29-13-20(26-27-29)16-35-22(17)14-28(3)24(33)25-19-7-9-21(34-4)10-8-19/h7-10,13,17-18,22,31H,5-6,11-12,14-16H2,1-4H3,(H,25,33)/t17-,18-,22+/m0/s1. The Morgan fingerprint density at radius 1 is 1.37 bits per heavy atom. The van der Waals surface area contributed by atoms with E-state index < -0.39 is 0 Å². The molecule has 1 aliphatic heterocycles. The molecule has 2 bridgehead atoms. The highest BCUT2D eigenvalue weighted by molar-refractivity contribution is 5.89. The molecule has 11 heteroatoms. The van der Waals surface area contributed by atoms with Crippen LogP contribution in [-0.4, -0.2) is 87.8 Å². The summed E-state index contributed by atoms with van der Waals surface area (Å²) in [6, 6.07) is 6.49. The zero-order valence-electron chi connectivity index (χ0n) is 20.9. The molecule has 35 heavy (non-hydrogen) atoms. The Bertz CT molecular complexity index is 966. The summed E-state index contributed by atoms with van der Waals surface area (Å²) >= 11 is 0. The summed E-state index contributed by atoms with van der Waals surface area (Å²) in [5.41, 5.74) is 1.34. The molecule has 1 aliphatic rings. The van der Waals surface area contributed by atoms with E-state index in [1.165, 1.54) is 0 Å². The first kappa shape index (κ1) is 26.4. The number of urea groups is 1. The number of nitrogens with zero attached hydrogens (tertiary/aromatic N) is 5. The molecule has 0 aliphatic carbocycles. The monoisotopic (exact) mass is 488 g/mol. The van der Waals surface area contributed by atoms with Crippen molar-refractivity contribution >= 4 is 17.6 Å². The van der Waals surface area contributed by atoms with Crippen molar-refractivity contribution in [3.63, 3.8) is 0 Å². The Morgan fingerprint density at radius 3 is 2.80 bits per heavy atom. The van der Waals surface area contributed by atoms with E-state index in [0.29, 0.717) is 49.6 Å². The molecule has 3 amide bonds. The zero-order valence-corrected chi connectivity index (χ0v) is 20.9. The average molecular weight is 489 g/mol. The summed E-state index contributed by atoms with van der Waals surface area (Å²) in [7, 11) is 3.29.